The summed E-state index contributed by atoms with van der Waals surface area (Å²) < 4.78 is 8.04. The molecule has 4 nitrogen and oxygen atoms in total. The fraction of sp³-hybridized carbons (Fsp3) is 0.125. The second-order valence-corrected chi connectivity index (χ2v) is 6.60. The first-order valence-corrected chi connectivity index (χ1v) is 9.27. The largest absolute Gasteiger partial charge is 0.457 e. The van der Waals surface area contributed by atoms with Gasteiger partial charge in [-0.15, -0.1) is 0 Å². The number of benzene rings is 3. The fourth-order valence-corrected chi connectivity index (χ4v) is 3.34. The summed E-state index contributed by atoms with van der Waals surface area (Å²) in [6, 6.07) is 25.4. The van der Waals surface area contributed by atoms with Gasteiger partial charge in [-0.25, -0.2) is 0 Å². The zero-order valence-corrected chi connectivity index (χ0v) is 15.4. The number of nitrogens with zero attached hydrogens (tertiary/aromatic N) is 2. The Hall–Kier alpha value is -3.55. The minimum absolute atomic E-state index is 0.195. The summed E-state index contributed by atoms with van der Waals surface area (Å²) in [7, 11) is 0. The number of hydrogen-bond acceptors (Lipinski definition) is 3. The van der Waals surface area contributed by atoms with Crippen molar-refractivity contribution >= 4 is 10.9 Å². The van der Waals surface area contributed by atoms with E-state index in [-0.39, 0.29) is 6.61 Å². The highest BCUT2D eigenvalue weighted by atomic mass is 16.5. The van der Waals surface area contributed by atoms with Gasteiger partial charge in [0.2, 0.25) is 0 Å². The molecule has 0 saturated carbocycles. The molecule has 1 N–H and O–H groups in total. The normalized spacial score (nSPS) is 10.7. The number of rotatable bonds is 6. The molecule has 0 aliphatic carbocycles. The Kier molecular flexibility index (Phi) is 5.09. The molecule has 0 fully saturated rings. The average Bonchev–Trinajstić information content (AvgIpc) is 3.12. The Morgan fingerprint density at radius 3 is 2.25 bits per heavy atom. The SMILES string of the molecule is N#Cc1ccc(Oc2ccc(-n3cc(CCCO)c4ccccc43)cc2)cc1. The van der Waals surface area contributed by atoms with E-state index in [1.807, 2.05) is 36.4 Å². The lowest BCUT2D eigenvalue weighted by molar-refractivity contribution is 0.289. The van der Waals surface area contributed by atoms with Crippen molar-refractivity contribution in [2.24, 2.45) is 0 Å². The molecular formula is C24H20N2O2. The molecule has 0 spiro atoms. The number of aliphatic hydroxyl groups is 1. The number of aryl methyl sites for hydroxylation is 1. The van der Waals surface area contributed by atoms with Crippen LogP contribution in [-0.2, 0) is 6.42 Å². The van der Waals surface area contributed by atoms with E-state index in [1.165, 1.54) is 10.9 Å². The van der Waals surface area contributed by atoms with Crippen molar-refractivity contribution in [3.8, 4) is 23.3 Å². The maximum Gasteiger partial charge on any atom is 0.127 e. The zero-order valence-electron chi connectivity index (χ0n) is 15.4. The van der Waals surface area contributed by atoms with E-state index >= 15 is 0 Å². The molecule has 0 atom stereocenters. The van der Waals surface area contributed by atoms with Gasteiger partial charge in [0.15, 0.2) is 0 Å². The molecule has 0 radical (unpaired) electrons. The standard InChI is InChI=1S/C24H20N2O2/c25-16-18-7-11-21(12-8-18)28-22-13-9-20(10-14-22)26-17-19(4-3-15-27)23-5-1-2-6-24(23)26/h1-2,5-14,17,27H,3-4,15H2. The lowest BCUT2D eigenvalue weighted by atomic mass is 10.1. The third kappa shape index (κ3) is 3.62. The first-order valence-electron chi connectivity index (χ1n) is 9.27. The summed E-state index contributed by atoms with van der Waals surface area (Å²) >= 11 is 0. The molecule has 0 aliphatic heterocycles. The predicted octanol–water partition coefficient (Wildman–Crippen LogP) is 5.22. The minimum Gasteiger partial charge on any atom is -0.457 e. The van der Waals surface area contributed by atoms with Gasteiger partial charge >= 0.3 is 0 Å². The van der Waals surface area contributed by atoms with Crippen LogP contribution >= 0.6 is 0 Å². The van der Waals surface area contributed by atoms with Crippen LogP contribution in [0.4, 0.5) is 0 Å². The second-order valence-electron chi connectivity index (χ2n) is 6.60. The molecule has 0 amide bonds. The van der Waals surface area contributed by atoms with Gasteiger partial charge in [0, 0.05) is 23.9 Å². The average molecular weight is 368 g/mol. The van der Waals surface area contributed by atoms with Crippen LogP contribution in [0.1, 0.15) is 17.5 Å². The zero-order chi connectivity index (χ0) is 19.3. The summed E-state index contributed by atoms with van der Waals surface area (Å²) in [5, 5.41) is 19.3. The van der Waals surface area contributed by atoms with Gasteiger partial charge in [-0.05, 0) is 73.0 Å². The van der Waals surface area contributed by atoms with Gasteiger partial charge in [-0.3, -0.25) is 0 Å². The molecule has 0 aliphatic rings. The maximum absolute atomic E-state index is 9.17. The highest BCUT2D eigenvalue weighted by Crippen LogP contribution is 2.28. The molecule has 138 valence electrons. The lowest BCUT2D eigenvalue weighted by Crippen LogP contribution is -1.92. The molecule has 4 heteroatoms. The van der Waals surface area contributed by atoms with Gasteiger partial charge in [-0.1, -0.05) is 18.2 Å². The Morgan fingerprint density at radius 2 is 1.57 bits per heavy atom. The summed E-state index contributed by atoms with van der Waals surface area (Å²) in [4.78, 5) is 0. The van der Waals surface area contributed by atoms with E-state index in [4.69, 9.17) is 15.1 Å². The van der Waals surface area contributed by atoms with Crippen LogP contribution in [-0.4, -0.2) is 16.3 Å². The van der Waals surface area contributed by atoms with Crippen LogP contribution in [0.25, 0.3) is 16.6 Å². The third-order valence-electron chi connectivity index (χ3n) is 4.73. The van der Waals surface area contributed by atoms with Crippen molar-refractivity contribution < 1.29 is 9.84 Å². The molecule has 28 heavy (non-hydrogen) atoms. The van der Waals surface area contributed by atoms with E-state index in [9.17, 15) is 0 Å². The fourth-order valence-electron chi connectivity index (χ4n) is 3.34. The van der Waals surface area contributed by atoms with E-state index in [0.29, 0.717) is 11.3 Å². The number of para-hydroxylation sites is 1. The summed E-state index contributed by atoms with van der Waals surface area (Å²) in [5.41, 5.74) is 4.05. The monoisotopic (exact) mass is 368 g/mol. The molecule has 1 heterocycles. The quantitative estimate of drug-likeness (QED) is 0.508. The van der Waals surface area contributed by atoms with Crippen LogP contribution in [0.2, 0.25) is 0 Å². The van der Waals surface area contributed by atoms with E-state index in [2.05, 4.69) is 29.0 Å². The number of hydrogen-bond donors (Lipinski definition) is 1. The number of ether oxygens (including phenoxy) is 1. The van der Waals surface area contributed by atoms with Gasteiger partial charge in [-0.2, -0.15) is 5.26 Å². The smallest absolute Gasteiger partial charge is 0.127 e. The number of fused-ring (bicyclic) bond motifs is 1. The topological polar surface area (TPSA) is 58.2 Å². The van der Waals surface area contributed by atoms with Crippen molar-refractivity contribution in [1.29, 1.82) is 5.26 Å². The van der Waals surface area contributed by atoms with Crippen molar-refractivity contribution in [3.05, 3.63) is 90.1 Å². The van der Waals surface area contributed by atoms with Crippen molar-refractivity contribution in [2.75, 3.05) is 6.61 Å². The van der Waals surface area contributed by atoms with Crippen LogP contribution < -0.4 is 4.74 Å². The predicted molar refractivity (Wildman–Crippen MR) is 110 cm³/mol. The first-order chi connectivity index (χ1) is 13.8. The molecule has 1 aromatic heterocycles. The van der Waals surface area contributed by atoms with Gasteiger partial charge in [0.25, 0.3) is 0 Å². The molecular weight excluding hydrogens is 348 g/mol. The van der Waals surface area contributed by atoms with Gasteiger partial charge in [0.1, 0.15) is 11.5 Å². The highest BCUT2D eigenvalue weighted by molar-refractivity contribution is 5.85. The third-order valence-corrected chi connectivity index (χ3v) is 4.73. The number of aromatic nitrogens is 1. The Bertz CT molecular complexity index is 1120. The number of aliphatic hydroxyl groups excluding tert-OH is 1. The van der Waals surface area contributed by atoms with E-state index < -0.39 is 0 Å². The maximum atomic E-state index is 9.17. The molecule has 0 saturated heterocycles. The lowest BCUT2D eigenvalue weighted by Gasteiger charge is -2.09. The van der Waals surface area contributed by atoms with Crippen LogP contribution in [0.15, 0.2) is 79.0 Å². The van der Waals surface area contributed by atoms with Crippen molar-refractivity contribution in [3.63, 3.8) is 0 Å². The summed E-state index contributed by atoms with van der Waals surface area (Å²) in [6.07, 6.45) is 3.76. The van der Waals surface area contributed by atoms with Crippen molar-refractivity contribution in [2.45, 2.75) is 12.8 Å². The molecule has 4 rings (SSSR count). The van der Waals surface area contributed by atoms with Gasteiger partial charge in [0.05, 0.1) is 17.1 Å². The van der Waals surface area contributed by atoms with Crippen LogP contribution in [0.5, 0.6) is 11.5 Å². The van der Waals surface area contributed by atoms with Crippen molar-refractivity contribution in [1.82, 2.24) is 4.57 Å². The Morgan fingerprint density at radius 1 is 0.893 bits per heavy atom. The second kappa shape index (κ2) is 7.99. The first kappa shape index (κ1) is 17.8. The molecule has 4 aromatic rings. The van der Waals surface area contributed by atoms with Gasteiger partial charge < -0.3 is 14.4 Å². The highest BCUT2D eigenvalue weighted by Gasteiger charge is 2.09. The Balaban J connectivity index is 1.61. The summed E-state index contributed by atoms with van der Waals surface area (Å²) in [6.45, 7) is 0.195. The van der Waals surface area contributed by atoms with Crippen LogP contribution in [0, 0.1) is 11.3 Å². The summed E-state index contributed by atoms with van der Waals surface area (Å²) in [5.74, 6) is 1.44. The number of nitriles is 1. The van der Waals surface area contributed by atoms with Crippen LogP contribution in [0.3, 0.4) is 0 Å². The molecule has 0 unspecified atom stereocenters. The van der Waals surface area contributed by atoms with E-state index in [1.54, 1.807) is 24.3 Å². The molecule has 0 bridgehead atoms. The Labute approximate surface area is 163 Å². The minimum atomic E-state index is 0.195. The van der Waals surface area contributed by atoms with E-state index in [0.717, 1.165) is 29.8 Å². The molecule has 3 aromatic carbocycles.